The molecule has 1 atom stereocenters. The van der Waals surface area contributed by atoms with Gasteiger partial charge in [-0.3, -0.25) is 4.90 Å². The summed E-state index contributed by atoms with van der Waals surface area (Å²) in [7, 11) is 1.87. The van der Waals surface area contributed by atoms with Crippen LogP contribution in [0.2, 0.25) is 0 Å². The Bertz CT molecular complexity index is 118. The van der Waals surface area contributed by atoms with Crippen LogP contribution < -0.4 is 5.32 Å². The summed E-state index contributed by atoms with van der Waals surface area (Å²) in [5.74, 6) is 2.43. The van der Waals surface area contributed by atoms with E-state index in [4.69, 9.17) is 0 Å². The van der Waals surface area contributed by atoms with Gasteiger partial charge in [-0.1, -0.05) is 0 Å². The fourth-order valence-electron chi connectivity index (χ4n) is 1.38. The van der Waals surface area contributed by atoms with E-state index in [0.717, 1.165) is 19.6 Å². The maximum absolute atomic E-state index is 9.49. The molecule has 0 bridgehead atoms. The van der Waals surface area contributed by atoms with Crippen molar-refractivity contribution in [1.82, 2.24) is 10.2 Å². The zero-order valence-electron chi connectivity index (χ0n) is 7.62. The molecule has 2 N–H and O–H groups in total. The molecule has 0 aromatic rings. The molecule has 1 saturated heterocycles. The molecule has 0 aliphatic carbocycles. The van der Waals surface area contributed by atoms with Crippen molar-refractivity contribution in [2.45, 2.75) is 6.10 Å². The summed E-state index contributed by atoms with van der Waals surface area (Å²) >= 11 is 2.00. The molecule has 12 heavy (non-hydrogen) atoms. The molecule has 1 aliphatic rings. The zero-order valence-corrected chi connectivity index (χ0v) is 8.44. The standard InChI is InChI=1S/C8H18N2OS/c1-9-6-8(11)7-10-2-4-12-5-3-10/h8-9,11H,2-7H2,1H3. The van der Waals surface area contributed by atoms with Gasteiger partial charge in [-0.2, -0.15) is 11.8 Å². The molecule has 0 radical (unpaired) electrons. The van der Waals surface area contributed by atoms with Crippen molar-refractivity contribution in [2.75, 3.05) is 44.7 Å². The lowest BCUT2D eigenvalue weighted by atomic mass is 10.3. The normalized spacial score (nSPS) is 22.5. The number of rotatable bonds is 4. The highest BCUT2D eigenvalue weighted by atomic mass is 32.2. The van der Waals surface area contributed by atoms with Crippen LogP contribution in [0.15, 0.2) is 0 Å². The zero-order chi connectivity index (χ0) is 8.81. The second-order valence-electron chi connectivity index (χ2n) is 3.12. The monoisotopic (exact) mass is 190 g/mol. The number of nitrogens with zero attached hydrogens (tertiary/aromatic N) is 1. The van der Waals surface area contributed by atoms with Crippen molar-refractivity contribution in [3.8, 4) is 0 Å². The van der Waals surface area contributed by atoms with Crippen molar-refractivity contribution >= 4 is 11.8 Å². The summed E-state index contributed by atoms with van der Waals surface area (Å²) < 4.78 is 0. The Balaban J connectivity index is 2.11. The average Bonchev–Trinajstić information content (AvgIpc) is 2.06. The van der Waals surface area contributed by atoms with E-state index in [1.807, 2.05) is 18.8 Å². The number of hydrogen-bond donors (Lipinski definition) is 2. The molecular formula is C8H18N2OS. The number of aliphatic hydroxyl groups excluding tert-OH is 1. The van der Waals surface area contributed by atoms with Crippen molar-refractivity contribution in [3.63, 3.8) is 0 Å². The maximum Gasteiger partial charge on any atom is 0.0791 e. The van der Waals surface area contributed by atoms with E-state index in [-0.39, 0.29) is 6.10 Å². The van der Waals surface area contributed by atoms with Gasteiger partial charge in [0.2, 0.25) is 0 Å². The molecule has 0 amide bonds. The summed E-state index contributed by atoms with van der Waals surface area (Å²) in [6.45, 7) is 3.78. The summed E-state index contributed by atoms with van der Waals surface area (Å²) in [6, 6.07) is 0. The van der Waals surface area contributed by atoms with Crippen molar-refractivity contribution in [1.29, 1.82) is 0 Å². The molecule has 0 spiro atoms. The minimum absolute atomic E-state index is 0.210. The van der Waals surface area contributed by atoms with E-state index in [1.54, 1.807) is 0 Å². The summed E-state index contributed by atoms with van der Waals surface area (Å²) in [5, 5.41) is 12.5. The molecule has 0 aromatic carbocycles. The number of aliphatic hydroxyl groups is 1. The van der Waals surface area contributed by atoms with Crippen LogP contribution in [0.4, 0.5) is 0 Å². The summed E-state index contributed by atoms with van der Waals surface area (Å²) in [6.07, 6.45) is -0.210. The second kappa shape index (κ2) is 5.80. The molecule has 0 saturated carbocycles. The Kier molecular flexibility index (Phi) is 4.99. The first-order valence-electron chi connectivity index (χ1n) is 4.45. The molecular weight excluding hydrogens is 172 g/mol. The van der Waals surface area contributed by atoms with Crippen LogP contribution in [-0.4, -0.2) is 60.8 Å². The maximum atomic E-state index is 9.49. The topological polar surface area (TPSA) is 35.5 Å². The number of likely N-dealkylation sites (N-methyl/N-ethyl adjacent to an activating group) is 1. The highest BCUT2D eigenvalue weighted by molar-refractivity contribution is 7.99. The van der Waals surface area contributed by atoms with E-state index in [9.17, 15) is 5.11 Å². The molecule has 1 aliphatic heterocycles. The summed E-state index contributed by atoms with van der Waals surface area (Å²) in [5.41, 5.74) is 0. The third-order valence-electron chi connectivity index (χ3n) is 2.01. The Morgan fingerprint density at radius 3 is 2.75 bits per heavy atom. The number of hydrogen-bond acceptors (Lipinski definition) is 4. The number of thioether (sulfide) groups is 1. The third-order valence-corrected chi connectivity index (χ3v) is 2.95. The van der Waals surface area contributed by atoms with Crippen LogP contribution in [0.25, 0.3) is 0 Å². The van der Waals surface area contributed by atoms with Gasteiger partial charge in [0.05, 0.1) is 6.10 Å². The van der Waals surface area contributed by atoms with Gasteiger partial charge >= 0.3 is 0 Å². The van der Waals surface area contributed by atoms with Crippen molar-refractivity contribution in [2.24, 2.45) is 0 Å². The van der Waals surface area contributed by atoms with Crippen LogP contribution in [-0.2, 0) is 0 Å². The van der Waals surface area contributed by atoms with E-state index < -0.39 is 0 Å². The Morgan fingerprint density at radius 2 is 2.17 bits per heavy atom. The molecule has 72 valence electrons. The Hall–Kier alpha value is 0.230. The molecule has 1 heterocycles. The SMILES string of the molecule is CNCC(O)CN1CCSCC1. The first-order valence-corrected chi connectivity index (χ1v) is 5.61. The lowest BCUT2D eigenvalue weighted by Crippen LogP contribution is -2.41. The largest absolute Gasteiger partial charge is 0.390 e. The second-order valence-corrected chi connectivity index (χ2v) is 4.35. The van der Waals surface area contributed by atoms with E-state index in [2.05, 4.69) is 10.2 Å². The predicted molar refractivity (Wildman–Crippen MR) is 53.7 cm³/mol. The lowest BCUT2D eigenvalue weighted by Gasteiger charge is -2.28. The number of β-amino-alcohol motifs (C(OH)–C–C–N with tert-alkyl or cyclic N) is 1. The van der Waals surface area contributed by atoms with E-state index in [1.165, 1.54) is 11.5 Å². The van der Waals surface area contributed by atoms with Gasteiger partial charge in [-0.25, -0.2) is 0 Å². The van der Waals surface area contributed by atoms with Crippen LogP contribution in [0.1, 0.15) is 0 Å². The molecule has 1 fully saturated rings. The lowest BCUT2D eigenvalue weighted by molar-refractivity contribution is 0.118. The van der Waals surface area contributed by atoms with E-state index >= 15 is 0 Å². The molecule has 3 nitrogen and oxygen atoms in total. The van der Waals surface area contributed by atoms with Gasteiger partial charge in [0.15, 0.2) is 0 Å². The van der Waals surface area contributed by atoms with Crippen molar-refractivity contribution < 1.29 is 5.11 Å². The van der Waals surface area contributed by atoms with Crippen LogP contribution >= 0.6 is 11.8 Å². The molecule has 1 rings (SSSR count). The highest BCUT2D eigenvalue weighted by Crippen LogP contribution is 2.08. The van der Waals surface area contributed by atoms with Crippen LogP contribution in [0, 0.1) is 0 Å². The van der Waals surface area contributed by atoms with Gasteiger partial charge in [0, 0.05) is 37.7 Å². The van der Waals surface area contributed by atoms with Gasteiger partial charge in [0.1, 0.15) is 0 Å². The molecule has 4 heteroatoms. The predicted octanol–water partition coefficient (Wildman–Crippen LogP) is -0.385. The first kappa shape index (κ1) is 10.3. The van der Waals surface area contributed by atoms with Gasteiger partial charge in [-0.15, -0.1) is 0 Å². The Labute approximate surface area is 78.5 Å². The molecule has 1 unspecified atom stereocenters. The number of nitrogens with one attached hydrogen (secondary N) is 1. The smallest absolute Gasteiger partial charge is 0.0791 e. The van der Waals surface area contributed by atoms with E-state index in [0.29, 0.717) is 6.54 Å². The minimum Gasteiger partial charge on any atom is -0.390 e. The van der Waals surface area contributed by atoms with Gasteiger partial charge in [0.25, 0.3) is 0 Å². The van der Waals surface area contributed by atoms with Gasteiger partial charge in [-0.05, 0) is 7.05 Å². The average molecular weight is 190 g/mol. The third kappa shape index (κ3) is 3.76. The van der Waals surface area contributed by atoms with Crippen LogP contribution in [0.5, 0.6) is 0 Å². The fraction of sp³-hybridized carbons (Fsp3) is 1.00. The van der Waals surface area contributed by atoms with Gasteiger partial charge < -0.3 is 10.4 Å². The molecule has 0 aromatic heterocycles. The minimum atomic E-state index is -0.210. The fourth-order valence-corrected chi connectivity index (χ4v) is 2.36. The van der Waals surface area contributed by atoms with Crippen LogP contribution in [0.3, 0.4) is 0 Å². The summed E-state index contributed by atoms with van der Waals surface area (Å²) in [4.78, 5) is 2.33. The van der Waals surface area contributed by atoms with Crippen molar-refractivity contribution in [3.05, 3.63) is 0 Å². The highest BCUT2D eigenvalue weighted by Gasteiger charge is 2.13. The Morgan fingerprint density at radius 1 is 1.50 bits per heavy atom. The quantitative estimate of drug-likeness (QED) is 0.633. The first-order chi connectivity index (χ1) is 5.83.